The third-order valence-corrected chi connectivity index (χ3v) is 7.85. The standard InChI is InChI=1S/C27H32ClN3O3S/c1-3-13-34-27-23(17-29)15-24(16-25(27)28)31-12-9-22-14-20(6-7-26(22)31)8-11-30-10-4-5-21(18-30)19-35(2,32)33/h6-7,9,12,14-16,21H,3-5,8,10-11,13,18-19H2,1-2H3. The van der Waals surface area contributed by atoms with Gasteiger partial charge in [0.05, 0.1) is 28.5 Å². The zero-order valence-electron chi connectivity index (χ0n) is 20.3. The lowest BCUT2D eigenvalue weighted by atomic mass is 9.99. The van der Waals surface area contributed by atoms with E-state index >= 15 is 0 Å². The van der Waals surface area contributed by atoms with Gasteiger partial charge in [-0.3, -0.25) is 0 Å². The van der Waals surface area contributed by atoms with E-state index in [4.69, 9.17) is 16.3 Å². The third-order valence-electron chi connectivity index (χ3n) is 6.49. The quantitative estimate of drug-likeness (QED) is 0.391. The lowest BCUT2D eigenvalue weighted by molar-refractivity contribution is 0.187. The first-order chi connectivity index (χ1) is 16.8. The predicted octanol–water partition coefficient (Wildman–Crippen LogP) is 5.24. The highest BCUT2D eigenvalue weighted by Gasteiger charge is 2.23. The summed E-state index contributed by atoms with van der Waals surface area (Å²) in [6.45, 7) is 5.33. The van der Waals surface area contributed by atoms with Crippen molar-refractivity contribution in [3.8, 4) is 17.5 Å². The second-order valence-corrected chi connectivity index (χ2v) is 12.1. The number of halogens is 1. The summed E-state index contributed by atoms with van der Waals surface area (Å²) in [7, 11) is -2.94. The molecule has 1 saturated heterocycles. The van der Waals surface area contributed by atoms with Crippen molar-refractivity contribution in [1.29, 1.82) is 5.26 Å². The molecule has 0 saturated carbocycles. The van der Waals surface area contributed by atoms with Gasteiger partial charge in [-0.25, -0.2) is 8.42 Å². The van der Waals surface area contributed by atoms with Crippen LogP contribution in [0.25, 0.3) is 16.6 Å². The van der Waals surface area contributed by atoms with Gasteiger partial charge in [-0.05, 0) is 74.0 Å². The number of likely N-dealkylation sites (tertiary alicyclic amines) is 1. The largest absolute Gasteiger partial charge is 0.491 e. The molecule has 8 heteroatoms. The van der Waals surface area contributed by atoms with Crippen molar-refractivity contribution in [1.82, 2.24) is 9.47 Å². The summed E-state index contributed by atoms with van der Waals surface area (Å²) in [6, 6.07) is 14.4. The van der Waals surface area contributed by atoms with Crippen LogP contribution >= 0.6 is 11.6 Å². The Kier molecular flexibility index (Phi) is 8.05. The van der Waals surface area contributed by atoms with Gasteiger partial charge in [-0.2, -0.15) is 5.26 Å². The lowest BCUT2D eigenvalue weighted by Crippen LogP contribution is -2.39. The molecule has 0 aliphatic carbocycles. The molecule has 186 valence electrons. The number of nitriles is 1. The minimum atomic E-state index is -2.94. The van der Waals surface area contributed by atoms with E-state index in [0.29, 0.717) is 22.9 Å². The van der Waals surface area contributed by atoms with Crippen LogP contribution < -0.4 is 4.74 Å². The fourth-order valence-electron chi connectivity index (χ4n) is 4.93. The molecule has 1 unspecified atom stereocenters. The van der Waals surface area contributed by atoms with Crippen LogP contribution in [0.2, 0.25) is 5.02 Å². The molecule has 2 aromatic carbocycles. The summed E-state index contributed by atoms with van der Waals surface area (Å²) in [5.41, 5.74) is 3.54. The Hall–Kier alpha value is -2.53. The topological polar surface area (TPSA) is 75.3 Å². The maximum absolute atomic E-state index is 11.7. The fraction of sp³-hybridized carbons (Fsp3) is 0.444. The van der Waals surface area contributed by atoms with Gasteiger partial charge in [0, 0.05) is 36.6 Å². The van der Waals surface area contributed by atoms with Crippen LogP contribution in [0.3, 0.4) is 0 Å². The third kappa shape index (κ3) is 6.38. The number of benzene rings is 2. The molecule has 1 fully saturated rings. The Balaban J connectivity index is 1.48. The maximum Gasteiger partial charge on any atom is 0.155 e. The molecule has 1 aliphatic heterocycles. The zero-order valence-corrected chi connectivity index (χ0v) is 21.9. The first-order valence-corrected chi connectivity index (χ1v) is 14.6. The fourth-order valence-corrected chi connectivity index (χ4v) is 6.33. The van der Waals surface area contributed by atoms with Crippen LogP contribution in [0.5, 0.6) is 5.75 Å². The van der Waals surface area contributed by atoms with E-state index in [1.165, 1.54) is 11.8 Å². The molecule has 4 rings (SSSR count). The number of ether oxygens (including phenoxy) is 1. The lowest BCUT2D eigenvalue weighted by Gasteiger charge is -2.32. The van der Waals surface area contributed by atoms with Crippen LogP contribution in [0.4, 0.5) is 0 Å². The highest BCUT2D eigenvalue weighted by Crippen LogP contribution is 2.33. The van der Waals surface area contributed by atoms with Crippen LogP contribution in [0.15, 0.2) is 42.6 Å². The number of rotatable bonds is 9. The SMILES string of the molecule is CCCOc1c(Cl)cc(-n2ccc3cc(CCN4CCCC(CS(C)(=O)=O)C4)ccc32)cc1C#N. The van der Waals surface area contributed by atoms with Crippen molar-refractivity contribution in [3.05, 3.63) is 58.7 Å². The van der Waals surface area contributed by atoms with Crippen molar-refractivity contribution >= 4 is 32.3 Å². The molecule has 1 atom stereocenters. The van der Waals surface area contributed by atoms with Gasteiger partial charge in [0.25, 0.3) is 0 Å². The molecule has 35 heavy (non-hydrogen) atoms. The first-order valence-electron chi connectivity index (χ1n) is 12.1. The van der Waals surface area contributed by atoms with Gasteiger partial charge in [-0.1, -0.05) is 24.6 Å². The maximum atomic E-state index is 11.7. The van der Waals surface area contributed by atoms with Crippen LogP contribution in [-0.4, -0.2) is 56.1 Å². The highest BCUT2D eigenvalue weighted by atomic mass is 35.5. The molecule has 0 amide bonds. The molecule has 2 heterocycles. The molecule has 0 spiro atoms. The van der Waals surface area contributed by atoms with E-state index in [9.17, 15) is 13.7 Å². The Morgan fingerprint density at radius 3 is 2.80 bits per heavy atom. The number of hydrogen-bond donors (Lipinski definition) is 0. The average molecular weight is 514 g/mol. The van der Waals surface area contributed by atoms with Crippen LogP contribution in [0, 0.1) is 17.2 Å². The van der Waals surface area contributed by atoms with Crippen molar-refractivity contribution < 1.29 is 13.2 Å². The van der Waals surface area contributed by atoms with Crippen molar-refractivity contribution in [2.75, 3.05) is 38.2 Å². The average Bonchev–Trinajstić information content (AvgIpc) is 3.24. The van der Waals surface area contributed by atoms with Gasteiger partial charge < -0.3 is 14.2 Å². The molecule has 0 N–H and O–H groups in total. The number of piperidine rings is 1. The molecular formula is C27H32ClN3O3S. The minimum Gasteiger partial charge on any atom is -0.491 e. The Labute approximate surface area is 213 Å². The van der Waals surface area contributed by atoms with E-state index in [1.54, 1.807) is 0 Å². The molecule has 3 aromatic rings. The summed E-state index contributed by atoms with van der Waals surface area (Å²) in [5.74, 6) is 0.959. The van der Waals surface area contributed by atoms with Gasteiger partial charge in [-0.15, -0.1) is 0 Å². The second kappa shape index (κ2) is 11.0. The summed E-state index contributed by atoms with van der Waals surface area (Å²) in [6.07, 6.45) is 7.13. The van der Waals surface area contributed by atoms with E-state index in [0.717, 1.165) is 61.9 Å². The summed E-state index contributed by atoms with van der Waals surface area (Å²) >= 11 is 6.48. The number of sulfone groups is 1. The molecule has 1 aromatic heterocycles. The van der Waals surface area contributed by atoms with E-state index in [2.05, 4.69) is 35.2 Å². The predicted molar refractivity (Wildman–Crippen MR) is 141 cm³/mol. The number of hydrogen-bond acceptors (Lipinski definition) is 5. The normalized spacial score (nSPS) is 16.9. The molecule has 1 aliphatic rings. The zero-order chi connectivity index (χ0) is 25.0. The summed E-state index contributed by atoms with van der Waals surface area (Å²) in [4.78, 5) is 2.39. The van der Waals surface area contributed by atoms with Crippen molar-refractivity contribution in [2.45, 2.75) is 32.6 Å². The molecule has 0 radical (unpaired) electrons. The molecule has 6 nitrogen and oxygen atoms in total. The molecule has 0 bridgehead atoms. The Morgan fingerprint density at radius 1 is 1.23 bits per heavy atom. The smallest absolute Gasteiger partial charge is 0.155 e. The highest BCUT2D eigenvalue weighted by molar-refractivity contribution is 7.90. The van der Waals surface area contributed by atoms with Crippen molar-refractivity contribution in [2.24, 2.45) is 5.92 Å². The second-order valence-electron chi connectivity index (χ2n) is 9.49. The van der Waals surface area contributed by atoms with Gasteiger partial charge in [0.1, 0.15) is 15.9 Å². The Morgan fingerprint density at radius 2 is 2.06 bits per heavy atom. The van der Waals surface area contributed by atoms with Crippen LogP contribution in [0.1, 0.15) is 37.3 Å². The number of fused-ring (bicyclic) bond motifs is 1. The van der Waals surface area contributed by atoms with Crippen molar-refractivity contribution in [3.63, 3.8) is 0 Å². The monoisotopic (exact) mass is 513 g/mol. The number of nitrogens with zero attached hydrogens (tertiary/aromatic N) is 3. The Bertz CT molecular complexity index is 1340. The summed E-state index contributed by atoms with van der Waals surface area (Å²) in [5, 5.41) is 11.2. The molecular weight excluding hydrogens is 482 g/mol. The summed E-state index contributed by atoms with van der Waals surface area (Å²) < 4.78 is 31.1. The van der Waals surface area contributed by atoms with E-state index in [-0.39, 0.29) is 11.7 Å². The van der Waals surface area contributed by atoms with E-state index in [1.807, 2.05) is 29.8 Å². The van der Waals surface area contributed by atoms with Crippen LogP contribution in [-0.2, 0) is 16.3 Å². The van der Waals surface area contributed by atoms with Gasteiger partial charge in [0.15, 0.2) is 5.75 Å². The first kappa shape index (κ1) is 25.6. The number of aromatic nitrogens is 1. The minimum absolute atomic E-state index is 0.235. The van der Waals surface area contributed by atoms with E-state index < -0.39 is 9.84 Å². The van der Waals surface area contributed by atoms with Gasteiger partial charge >= 0.3 is 0 Å². The van der Waals surface area contributed by atoms with Gasteiger partial charge in [0.2, 0.25) is 0 Å².